The smallest absolute Gasteiger partial charge is 0.256 e. The molecule has 0 aliphatic heterocycles. The molecular formula is C28H26FN3O3S. The number of nitrogens with zero attached hydrogens (tertiary/aromatic N) is 2. The number of anilines is 1. The van der Waals surface area contributed by atoms with Crippen molar-refractivity contribution in [2.75, 3.05) is 25.7 Å². The summed E-state index contributed by atoms with van der Waals surface area (Å²) >= 11 is 0. The molecule has 36 heavy (non-hydrogen) atoms. The molecule has 0 saturated heterocycles. The molecule has 1 heterocycles. The minimum atomic E-state index is -3.58. The number of sulfone groups is 1. The number of halogens is 1. The standard InChI is InChI=1S/C28H26FN3O3S/c1-32(2)18-19-10-12-23(26(29)15-19)25-17-22(36(3,34)35)11-13-24(25)28(33)31-21-8-6-7-20(16-21)27-9-4-5-14-30-27/h4-17H,18H2,1-3H3,(H,31,33). The zero-order chi connectivity index (χ0) is 25.9. The van der Waals surface area contributed by atoms with Crippen LogP contribution in [0, 0.1) is 5.82 Å². The van der Waals surface area contributed by atoms with Gasteiger partial charge in [-0.3, -0.25) is 9.78 Å². The second kappa shape index (κ2) is 10.4. The van der Waals surface area contributed by atoms with Gasteiger partial charge in [0.2, 0.25) is 0 Å². The van der Waals surface area contributed by atoms with Gasteiger partial charge in [-0.15, -0.1) is 0 Å². The Kier molecular flexibility index (Phi) is 7.28. The number of hydrogen-bond acceptors (Lipinski definition) is 5. The fraction of sp³-hybridized carbons (Fsp3) is 0.143. The monoisotopic (exact) mass is 503 g/mol. The van der Waals surface area contributed by atoms with Crippen LogP contribution in [0.5, 0.6) is 0 Å². The zero-order valence-electron chi connectivity index (χ0n) is 20.2. The number of carbonyl (C=O) groups is 1. The summed E-state index contributed by atoms with van der Waals surface area (Å²) in [5, 5.41) is 2.85. The van der Waals surface area contributed by atoms with Crippen LogP contribution in [0.25, 0.3) is 22.4 Å². The van der Waals surface area contributed by atoms with E-state index in [1.54, 1.807) is 36.5 Å². The van der Waals surface area contributed by atoms with Crippen LogP contribution in [-0.2, 0) is 16.4 Å². The molecule has 1 amide bonds. The first-order valence-corrected chi connectivity index (χ1v) is 13.1. The molecule has 184 valence electrons. The highest BCUT2D eigenvalue weighted by Crippen LogP contribution is 2.31. The van der Waals surface area contributed by atoms with Crippen LogP contribution in [0.1, 0.15) is 15.9 Å². The summed E-state index contributed by atoms with van der Waals surface area (Å²) in [5.74, 6) is -1.02. The Balaban J connectivity index is 1.73. The number of nitrogens with one attached hydrogen (secondary N) is 1. The Morgan fingerprint density at radius 1 is 0.944 bits per heavy atom. The van der Waals surface area contributed by atoms with E-state index in [1.165, 1.54) is 24.3 Å². The zero-order valence-corrected chi connectivity index (χ0v) is 21.0. The van der Waals surface area contributed by atoms with E-state index in [2.05, 4.69) is 10.3 Å². The number of pyridine rings is 1. The van der Waals surface area contributed by atoms with E-state index >= 15 is 4.39 Å². The normalized spacial score (nSPS) is 11.5. The molecule has 0 aliphatic carbocycles. The first-order valence-electron chi connectivity index (χ1n) is 11.2. The van der Waals surface area contributed by atoms with Crippen molar-refractivity contribution < 1.29 is 17.6 Å². The molecule has 3 aromatic carbocycles. The van der Waals surface area contributed by atoms with E-state index in [9.17, 15) is 13.2 Å². The number of rotatable bonds is 7. The number of amides is 1. The molecule has 0 aliphatic rings. The fourth-order valence-electron chi connectivity index (χ4n) is 3.90. The van der Waals surface area contributed by atoms with Crippen molar-refractivity contribution in [2.24, 2.45) is 0 Å². The third-order valence-corrected chi connectivity index (χ3v) is 6.68. The summed E-state index contributed by atoms with van der Waals surface area (Å²) in [6.07, 6.45) is 2.76. The van der Waals surface area contributed by atoms with Crippen LogP contribution in [0.2, 0.25) is 0 Å². The number of hydrogen-bond donors (Lipinski definition) is 1. The van der Waals surface area contributed by atoms with Gasteiger partial charge in [0.05, 0.1) is 10.6 Å². The van der Waals surface area contributed by atoms with E-state index in [4.69, 9.17) is 0 Å². The van der Waals surface area contributed by atoms with E-state index < -0.39 is 21.6 Å². The number of carbonyl (C=O) groups excluding carboxylic acids is 1. The van der Waals surface area contributed by atoms with Crippen LogP contribution in [0.15, 0.2) is 90.0 Å². The lowest BCUT2D eigenvalue weighted by molar-refractivity contribution is 0.102. The lowest BCUT2D eigenvalue weighted by Gasteiger charge is -2.15. The summed E-state index contributed by atoms with van der Waals surface area (Å²) in [5.41, 5.74) is 3.38. The Morgan fingerprint density at radius 3 is 2.42 bits per heavy atom. The third kappa shape index (κ3) is 5.84. The van der Waals surface area contributed by atoms with E-state index in [0.717, 1.165) is 23.1 Å². The van der Waals surface area contributed by atoms with Gasteiger partial charge in [-0.25, -0.2) is 12.8 Å². The second-order valence-electron chi connectivity index (χ2n) is 8.78. The van der Waals surface area contributed by atoms with Gasteiger partial charge in [-0.05, 0) is 73.8 Å². The molecule has 4 aromatic rings. The van der Waals surface area contributed by atoms with Crippen molar-refractivity contribution in [2.45, 2.75) is 11.4 Å². The fourth-order valence-corrected chi connectivity index (χ4v) is 4.55. The molecule has 1 N–H and O–H groups in total. The minimum Gasteiger partial charge on any atom is -0.322 e. The molecule has 0 atom stereocenters. The average Bonchev–Trinajstić information content (AvgIpc) is 2.83. The first-order chi connectivity index (χ1) is 17.1. The van der Waals surface area contributed by atoms with E-state index in [0.29, 0.717) is 12.2 Å². The summed E-state index contributed by atoms with van der Waals surface area (Å²) in [6, 6.07) is 21.7. The predicted octanol–water partition coefficient (Wildman–Crippen LogP) is 5.27. The highest BCUT2D eigenvalue weighted by molar-refractivity contribution is 7.90. The van der Waals surface area contributed by atoms with Crippen LogP contribution < -0.4 is 5.32 Å². The molecule has 4 rings (SSSR count). The third-order valence-electron chi connectivity index (χ3n) is 5.57. The van der Waals surface area contributed by atoms with Crippen LogP contribution in [0.3, 0.4) is 0 Å². The van der Waals surface area contributed by atoms with Gasteiger partial charge >= 0.3 is 0 Å². The van der Waals surface area contributed by atoms with Crippen molar-refractivity contribution in [3.63, 3.8) is 0 Å². The van der Waals surface area contributed by atoms with Gasteiger partial charge < -0.3 is 10.2 Å². The van der Waals surface area contributed by atoms with E-state index in [1.807, 2.05) is 43.3 Å². The largest absolute Gasteiger partial charge is 0.322 e. The van der Waals surface area contributed by atoms with Gasteiger partial charge in [0, 0.05) is 41.4 Å². The predicted molar refractivity (Wildman–Crippen MR) is 140 cm³/mol. The van der Waals surface area contributed by atoms with Crippen molar-refractivity contribution in [3.8, 4) is 22.4 Å². The molecule has 6 nitrogen and oxygen atoms in total. The quantitative estimate of drug-likeness (QED) is 0.372. The Morgan fingerprint density at radius 2 is 1.75 bits per heavy atom. The minimum absolute atomic E-state index is 0.00275. The molecule has 1 aromatic heterocycles. The average molecular weight is 504 g/mol. The van der Waals surface area contributed by atoms with E-state index in [-0.39, 0.29) is 21.6 Å². The molecule has 0 unspecified atom stereocenters. The van der Waals surface area contributed by atoms with Crippen molar-refractivity contribution >= 4 is 21.4 Å². The number of aromatic nitrogens is 1. The van der Waals surface area contributed by atoms with Gasteiger partial charge in [0.25, 0.3) is 5.91 Å². The molecule has 0 saturated carbocycles. The molecule has 8 heteroatoms. The van der Waals surface area contributed by atoms with Gasteiger partial charge in [-0.2, -0.15) is 0 Å². The summed E-state index contributed by atoms with van der Waals surface area (Å²) in [7, 11) is 0.188. The Bertz CT molecular complexity index is 1520. The molecular weight excluding hydrogens is 477 g/mol. The van der Waals surface area contributed by atoms with Gasteiger partial charge in [-0.1, -0.05) is 30.3 Å². The van der Waals surface area contributed by atoms with Crippen molar-refractivity contribution in [1.82, 2.24) is 9.88 Å². The molecule has 0 fully saturated rings. The topological polar surface area (TPSA) is 79.4 Å². The summed E-state index contributed by atoms with van der Waals surface area (Å²) in [4.78, 5) is 19.6. The first kappa shape index (κ1) is 25.2. The summed E-state index contributed by atoms with van der Waals surface area (Å²) < 4.78 is 39.6. The highest BCUT2D eigenvalue weighted by Gasteiger charge is 2.20. The molecule has 0 spiro atoms. The molecule has 0 radical (unpaired) electrons. The highest BCUT2D eigenvalue weighted by atomic mass is 32.2. The van der Waals surface area contributed by atoms with Crippen LogP contribution >= 0.6 is 0 Å². The van der Waals surface area contributed by atoms with Crippen molar-refractivity contribution in [1.29, 1.82) is 0 Å². The second-order valence-corrected chi connectivity index (χ2v) is 10.8. The van der Waals surface area contributed by atoms with Crippen LogP contribution in [0.4, 0.5) is 10.1 Å². The number of benzene rings is 3. The Hall–Kier alpha value is -3.88. The lowest BCUT2D eigenvalue weighted by Crippen LogP contribution is -2.14. The SMILES string of the molecule is CN(C)Cc1ccc(-c2cc(S(C)(=O)=O)ccc2C(=O)Nc2cccc(-c3ccccn3)c2)c(F)c1. The van der Waals surface area contributed by atoms with Gasteiger partial charge in [0.15, 0.2) is 9.84 Å². The maximum absolute atomic E-state index is 15.2. The maximum Gasteiger partial charge on any atom is 0.256 e. The van der Waals surface area contributed by atoms with Crippen LogP contribution in [-0.4, -0.2) is 44.6 Å². The van der Waals surface area contributed by atoms with Crippen molar-refractivity contribution in [3.05, 3.63) is 102 Å². The van der Waals surface area contributed by atoms with Gasteiger partial charge in [0.1, 0.15) is 5.82 Å². The maximum atomic E-state index is 15.2. The molecule has 0 bridgehead atoms. The summed E-state index contributed by atoms with van der Waals surface area (Å²) in [6.45, 7) is 0.542. The lowest BCUT2D eigenvalue weighted by atomic mass is 9.97. The Labute approximate surface area is 210 Å².